The zero-order valence-corrected chi connectivity index (χ0v) is 14.0. The highest BCUT2D eigenvalue weighted by Gasteiger charge is 2.04. The second-order valence-corrected chi connectivity index (χ2v) is 5.71. The fraction of sp³-hybridized carbons (Fsp3) is 0.882. The first-order chi connectivity index (χ1) is 10.2. The molecular weight excluding hydrogens is 264 g/mol. The van der Waals surface area contributed by atoms with E-state index in [2.05, 4.69) is 17.6 Å². The Morgan fingerprint density at radius 1 is 0.667 bits per heavy atom. The van der Waals surface area contributed by atoms with Crippen molar-refractivity contribution in [3.8, 4) is 0 Å². The van der Waals surface area contributed by atoms with Crippen LogP contribution in [0.5, 0.6) is 0 Å². The Morgan fingerprint density at radius 2 is 1.24 bits per heavy atom. The third kappa shape index (κ3) is 15.2. The lowest BCUT2D eigenvalue weighted by Crippen LogP contribution is -2.37. The summed E-state index contributed by atoms with van der Waals surface area (Å²) in [6.07, 6.45) is 12.7. The van der Waals surface area contributed by atoms with E-state index in [1.807, 2.05) is 6.92 Å². The van der Waals surface area contributed by atoms with E-state index in [-0.39, 0.29) is 18.4 Å². The summed E-state index contributed by atoms with van der Waals surface area (Å²) in [5, 5.41) is 5.40. The second-order valence-electron chi connectivity index (χ2n) is 5.71. The third-order valence-corrected chi connectivity index (χ3v) is 3.53. The number of hydrogen-bond acceptors (Lipinski definition) is 2. The highest BCUT2D eigenvalue weighted by molar-refractivity contribution is 5.84. The van der Waals surface area contributed by atoms with Crippen LogP contribution in [0.3, 0.4) is 0 Å². The number of hydrogen-bond donors (Lipinski definition) is 2. The van der Waals surface area contributed by atoms with Gasteiger partial charge in [0.1, 0.15) is 0 Å². The maximum atomic E-state index is 11.5. The van der Waals surface area contributed by atoms with Crippen molar-refractivity contribution in [3.05, 3.63) is 0 Å². The summed E-state index contributed by atoms with van der Waals surface area (Å²) in [6, 6.07) is 0. The SMILES string of the molecule is CCCCCCCCCCCC(=O)NCC(=O)NCCC. The molecule has 0 bridgehead atoms. The minimum atomic E-state index is -0.0997. The van der Waals surface area contributed by atoms with Crippen molar-refractivity contribution in [3.63, 3.8) is 0 Å². The maximum absolute atomic E-state index is 11.5. The van der Waals surface area contributed by atoms with Gasteiger partial charge >= 0.3 is 0 Å². The minimum Gasteiger partial charge on any atom is -0.355 e. The average Bonchev–Trinajstić information content (AvgIpc) is 2.49. The van der Waals surface area contributed by atoms with Crippen LogP contribution in [0.15, 0.2) is 0 Å². The van der Waals surface area contributed by atoms with Crippen LogP contribution >= 0.6 is 0 Å². The minimum absolute atomic E-state index is 0.00963. The third-order valence-electron chi connectivity index (χ3n) is 3.53. The number of unbranched alkanes of at least 4 members (excludes halogenated alkanes) is 8. The molecule has 4 heteroatoms. The van der Waals surface area contributed by atoms with Crippen molar-refractivity contribution in [1.82, 2.24) is 10.6 Å². The Labute approximate surface area is 130 Å². The van der Waals surface area contributed by atoms with Crippen LogP contribution in [-0.2, 0) is 9.59 Å². The molecule has 0 rings (SSSR count). The molecule has 0 aliphatic carbocycles. The van der Waals surface area contributed by atoms with Crippen molar-refractivity contribution < 1.29 is 9.59 Å². The van der Waals surface area contributed by atoms with Crippen LogP contribution in [0.2, 0.25) is 0 Å². The first-order valence-electron chi connectivity index (χ1n) is 8.74. The Kier molecular flexibility index (Phi) is 14.6. The topological polar surface area (TPSA) is 58.2 Å². The van der Waals surface area contributed by atoms with E-state index >= 15 is 0 Å². The van der Waals surface area contributed by atoms with Crippen LogP contribution < -0.4 is 10.6 Å². The molecule has 124 valence electrons. The number of carbonyl (C=O) groups excluding carboxylic acids is 2. The second kappa shape index (κ2) is 15.3. The zero-order valence-electron chi connectivity index (χ0n) is 14.0. The molecule has 4 nitrogen and oxygen atoms in total. The van der Waals surface area contributed by atoms with E-state index in [1.165, 1.54) is 44.9 Å². The van der Waals surface area contributed by atoms with Crippen molar-refractivity contribution in [2.24, 2.45) is 0 Å². The van der Waals surface area contributed by atoms with Crippen molar-refractivity contribution in [2.75, 3.05) is 13.1 Å². The first kappa shape index (κ1) is 19.9. The molecule has 0 spiro atoms. The lowest BCUT2D eigenvalue weighted by Gasteiger charge is -2.06. The molecular formula is C17H34N2O2. The molecule has 0 atom stereocenters. The molecule has 0 fully saturated rings. The molecule has 0 radical (unpaired) electrons. The van der Waals surface area contributed by atoms with Gasteiger partial charge in [-0.25, -0.2) is 0 Å². The maximum Gasteiger partial charge on any atom is 0.239 e. The normalized spacial score (nSPS) is 10.4. The molecule has 2 amide bonds. The number of carbonyl (C=O) groups is 2. The van der Waals surface area contributed by atoms with Gasteiger partial charge in [-0.05, 0) is 12.8 Å². The highest BCUT2D eigenvalue weighted by atomic mass is 16.2. The first-order valence-corrected chi connectivity index (χ1v) is 8.74. The summed E-state index contributed by atoms with van der Waals surface area (Å²) in [5.74, 6) is -0.109. The van der Waals surface area contributed by atoms with Gasteiger partial charge in [0.25, 0.3) is 0 Å². The number of rotatable bonds is 14. The van der Waals surface area contributed by atoms with Crippen molar-refractivity contribution in [2.45, 2.75) is 84.5 Å². The highest BCUT2D eigenvalue weighted by Crippen LogP contribution is 2.10. The van der Waals surface area contributed by atoms with Gasteiger partial charge in [0.05, 0.1) is 6.54 Å². The molecule has 0 unspecified atom stereocenters. The molecule has 0 heterocycles. The van der Waals surface area contributed by atoms with E-state index in [4.69, 9.17) is 0 Å². The van der Waals surface area contributed by atoms with E-state index in [1.54, 1.807) is 0 Å². The predicted molar refractivity (Wildman–Crippen MR) is 88.2 cm³/mol. The van der Waals surface area contributed by atoms with Crippen LogP contribution in [0.25, 0.3) is 0 Å². The Hall–Kier alpha value is -1.06. The Bertz CT molecular complexity index is 268. The quantitative estimate of drug-likeness (QED) is 0.482. The number of nitrogens with one attached hydrogen (secondary N) is 2. The van der Waals surface area contributed by atoms with Gasteiger partial charge in [0, 0.05) is 13.0 Å². The largest absolute Gasteiger partial charge is 0.355 e. The fourth-order valence-electron chi connectivity index (χ4n) is 2.19. The van der Waals surface area contributed by atoms with E-state index < -0.39 is 0 Å². The summed E-state index contributed by atoms with van der Waals surface area (Å²) in [7, 11) is 0. The van der Waals surface area contributed by atoms with Gasteiger partial charge in [0.2, 0.25) is 11.8 Å². The molecule has 0 saturated heterocycles. The fourth-order valence-corrected chi connectivity index (χ4v) is 2.19. The standard InChI is InChI=1S/C17H34N2O2/c1-3-5-6-7-8-9-10-11-12-13-16(20)19-15-17(21)18-14-4-2/h3-15H2,1-2H3,(H,18,21)(H,19,20). The lowest BCUT2D eigenvalue weighted by molar-refractivity contribution is -0.126. The van der Waals surface area contributed by atoms with Gasteiger partial charge in [0.15, 0.2) is 0 Å². The molecule has 0 aromatic carbocycles. The number of amides is 2. The van der Waals surface area contributed by atoms with Gasteiger partial charge in [-0.1, -0.05) is 65.2 Å². The summed E-state index contributed by atoms with van der Waals surface area (Å²) in [6.45, 7) is 5.02. The van der Waals surface area contributed by atoms with Gasteiger partial charge in [-0.3, -0.25) is 9.59 Å². The molecule has 0 aromatic rings. The Balaban J connectivity index is 3.28. The van der Waals surface area contributed by atoms with Crippen LogP contribution in [-0.4, -0.2) is 24.9 Å². The summed E-state index contributed by atoms with van der Waals surface area (Å²) in [4.78, 5) is 22.8. The van der Waals surface area contributed by atoms with E-state index in [9.17, 15) is 9.59 Å². The summed E-state index contributed by atoms with van der Waals surface area (Å²) >= 11 is 0. The van der Waals surface area contributed by atoms with E-state index in [0.29, 0.717) is 13.0 Å². The molecule has 0 saturated carbocycles. The van der Waals surface area contributed by atoms with Crippen LogP contribution in [0.4, 0.5) is 0 Å². The molecule has 0 aliphatic heterocycles. The summed E-state index contributed by atoms with van der Waals surface area (Å²) in [5.41, 5.74) is 0. The van der Waals surface area contributed by atoms with Crippen molar-refractivity contribution >= 4 is 11.8 Å². The predicted octanol–water partition coefficient (Wildman–Crippen LogP) is 3.55. The summed E-state index contributed by atoms with van der Waals surface area (Å²) < 4.78 is 0. The van der Waals surface area contributed by atoms with Gasteiger partial charge in [-0.2, -0.15) is 0 Å². The zero-order chi connectivity index (χ0) is 15.8. The van der Waals surface area contributed by atoms with Crippen LogP contribution in [0, 0.1) is 0 Å². The van der Waals surface area contributed by atoms with Crippen molar-refractivity contribution in [1.29, 1.82) is 0 Å². The molecule has 21 heavy (non-hydrogen) atoms. The smallest absolute Gasteiger partial charge is 0.239 e. The van der Waals surface area contributed by atoms with E-state index in [0.717, 1.165) is 19.3 Å². The molecule has 0 aromatic heterocycles. The Morgan fingerprint density at radius 3 is 1.81 bits per heavy atom. The molecule has 2 N–H and O–H groups in total. The van der Waals surface area contributed by atoms with Gasteiger partial charge in [-0.15, -0.1) is 0 Å². The average molecular weight is 298 g/mol. The monoisotopic (exact) mass is 298 g/mol. The van der Waals surface area contributed by atoms with Crippen LogP contribution in [0.1, 0.15) is 84.5 Å². The molecule has 0 aliphatic rings. The van der Waals surface area contributed by atoms with Gasteiger partial charge < -0.3 is 10.6 Å². The lowest BCUT2D eigenvalue weighted by atomic mass is 10.1.